The average molecular weight is 273 g/mol. The van der Waals surface area contributed by atoms with Crippen LogP contribution in [-0.2, 0) is 11.3 Å². The van der Waals surface area contributed by atoms with Crippen molar-refractivity contribution < 1.29 is 4.74 Å². The van der Waals surface area contributed by atoms with E-state index in [-0.39, 0.29) is 0 Å². The van der Waals surface area contributed by atoms with Crippen LogP contribution in [0.5, 0.6) is 0 Å². The SMILES string of the molecule is COCCNc1nncc(NCc2ccccc2C)n1. The predicted octanol–water partition coefficient (Wildman–Crippen LogP) is 1.85. The van der Waals surface area contributed by atoms with Gasteiger partial charge in [0, 0.05) is 20.2 Å². The van der Waals surface area contributed by atoms with Crippen LogP contribution in [0, 0.1) is 6.92 Å². The topological polar surface area (TPSA) is 72.0 Å². The smallest absolute Gasteiger partial charge is 0.244 e. The van der Waals surface area contributed by atoms with Crippen LogP contribution in [0.1, 0.15) is 11.1 Å². The summed E-state index contributed by atoms with van der Waals surface area (Å²) in [6, 6.07) is 8.24. The van der Waals surface area contributed by atoms with E-state index in [9.17, 15) is 0 Å². The first-order valence-corrected chi connectivity index (χ1v) is 6.50. The second kappa shape index (κ2) is 7.40. The highest BCUT2D eigenvalue weighted by molar-refractivity contribution is 5.38. The fourth-order valence-electron chi connectivity index (χ4n) is 1.72. The van der Waals surface area contributed by atoms with E-state index >= 15 is 0 Å². The van der Waals surface area contributed by atoms with Crippen LogP contribution in [0.15, 0.2) is 30.5 Å². The second-order valence-corrected chi connectivity index (χ2v) is 4.36. The number of ether oxygens (including phenoxy) is 1. The molecule has 0 aliphatic carbocycles. The molecule has 0 aliphatic rings. The van der Waals surface area contributed by atoms with Crippen molar-refractivity contribution in [2.75, 3.05) is 30.9 Å². The molecule has 2 N–H and O–H groups in total. The van der Waals surface area contributed by atoms with Crippen molar-refractivity contribution in [1.82, 2.24) is 15.2 Å². The van der Waals surface area contributed by atoms with E-state index < -0.39 is 0 Å². The van der Waals surface area contributed by atoms with Crippen LogP contribution >= 0.6 is 0 Å². The number of hydrogen-bond acceptors (Lipinski definition) is 6. The van der Waals surface area contributed by atoms with Crippen molar-refractivity contribution in [2.24, 2.45) is 0 Å². The molecule has 6 nitrogen and oxygen atoms in total. The minimum absolute atomic E-state index is 0.497. The molecule has 0 bridgehead atoms. The molecule has 106 valence electrons. The van der Waals surface area contributed by atoms with E-state index in [4.69, 9.17) is 4.74 Å². The van der Waals surface area contributed by atoms with Crippen LogP contribution in [0.4, 0.5) is 11.8 Å². The Morgan fingerprint density at radius 3 is 2.85 bits per heavy atom. The number of aryl methyl sites for hydroxylation is 1. The Labute approximate surface area is 118 Å². The molecule has 0 fully saturated rings. The molecule has 0 amide bonds. The summed E-state index contributed by atoms with van der Waals surface area (Å²) in [7, 11) is 1.65. The van der Waals surface area contributed by atoms with E-state index in [0.29, 0.717) is 31.5 Å². The summed E-state index contributed by atoms with van der Waals surface area (Å²) < 4.78 is 4.96. The molecule has 2 rings (SSSR count). The van der Waals surface area contributed by atoms with Gasteiger partial charge in [0.2, 0.25) is 5.95 Å². The Morgan fingerprint density at radius 2 is 2.05 bits per heavy atom. The number of nitrogens with one attached hydrogen (secondary N) is 2. The maximum absolute atomic E-state index is 4.96. The van der Waals surface area contributed by atoms with Crippen LogP contribution in [0.25, 0.3) is 0 Å². The van der Waals surface area contributed by atoms with Gasteiger partial charge in [-0.05, 0) is 18.1 Å². The normalized spacial score (nSPS) is 10.3. The van der Waals surface area contributed by atoms with Gasteiger partial charge in [-0.15, -0.1) is 5.10 Å². The fourth-order valence-corrected chi connectivity index (χ4v) is 1.72. The van der Waals surface area contributed by atoms with Gasteiger partial charge in [0.1, 0.15) is 0 Å². The lowest BCUT2D eigenvalue weighted by Crippen LogP contribution is -2.12. The third-order valence-corrected chi connectivity index (χ3v) is 2.87. The summed E-state index contributed by atoms with van der Waals surface area (Å²) in [4.78, 5) is 4.34. The number of nitrogens with zero attached hydrogens (tertiary/aromatic N) is 3. The maximum Gasteiger partial charge on any atom is 0.244 e. The highest BCUT2D eigenvalue weighted by atomic mass is 16.5. The van der Waals surface area contributed by atoms with Crippen molar-refractivity contribution in [3.05, 3.63) is 41.6 Å². The molecule has 0 unspecified atom stereocenters. The number of aromatic nitrogens is 3. The first-order chi connectivity index (χ1) is 9.79. The molecule has 20 heavy (non-hydrogen) atoms. The number of anilines is 2. The van der Waals surface area contributed by atoms with Gasteiger partial charge in [-0.1, -0.05) is 24.3 Å². The number of hydrogen-bond donors (Lipinski definition) is 2. The summed E-state index contributed by atoms with van der Waals surface area (Å²) in [6.45, 7) is 4.06. The maximum atomic E-state index is 4.96. The summed E-state index contributed by atoms with van der Waals surface area (Å²) in [5.41, 5.74) is 2.49. The van der Waals surface area contributed by atoms with Gasteiger partial charge in [0.15, 0.2) is 5.82 Å². The number of rotatable bonds is 7. The monoisotopic (exact) mass is 273 g/mol. The molecule has 0 spiro atoms. The lowest BCUT2D eigenvalue weighted by atomic mass is 10.1. The third kappa shape index (κ3) is 4.17. The summed E-state index contributed by atoms with van der Waals surface area (Å²) >= 11 is 0. The minimum atomic E-state index is 0.497. The molecule has 6 heteroatoms. The summed E-state index contributed by atoms with van der Waals surface area (Å²) in [6.07, 6.45) is 1.61. The third-order valence-electron chi connectivity index (χ3n) is 2.87. The van der Waals surface area contributed by atoms with Gasteiger partial charge >= 0.3 is 0 Å². The van der Waals surface area contributed by atoms with Crippen LogP contribution < -0.4 is 10.6 Å². The van der Waals surface area contributed by atoms with Crippen LogP contribution in [0.2, 0.25) is 0 Å². The van der Waals surface area contributed by atoms with Gasteiger partial charge < -0.3 is 15.4 Å². The standard InChI is InChI=1S/C14H19N5O/c1-11-5-3-4-6-12(11)9-16-13-10-17-19-14(18-13)15-7-8-20-2/h3-6,10H,7-9H2,1-2H3,(H2,15,16,18,19). The Hall–Kier alpha value is -2.21. The Bertz CT molecular complexity index is 547. The van der Waals surface area contributed by atoms with E-state index in [2.05, 4.69) is 44.9 Å². The zero-order valence-corrected chi connectivity index (χ0v) is 11.8. The van der Waals surface area contributed by atoms with Gasteiger partial charge in [-0.25, -0.2) is 0 Å². The van der Waals surface area contributed by atoms with Crippen molar-refractivity contribution in [3.63, 3.8) is 0 Å². The lowest BCUT2D eigenvalue weighted by molar-refractivity contribution is 0.210. The fraction of sp³-hybridized carbons (Fsp3) is 0.357. The molecular weight excluding hydrogens is 254 g/mol. The number of benzene rings is 1. The van der Waals surface area contributed by atoms with Crippen LogP contribution in [-0.4, -0.2) is 35.4 Å². The van der Waals surface area contributed by atoms with E-state index in [1.807, 2.05) is 12.1 Å². The van der Waals surface area contributed by atoms with Crippen molar-refractivity contribution in [3.8, 4) is 0 Å². The molecule has 0 atom stereocenters. The Kier molecular flexibility index (Phi) is 5.25. The molecule has 2 aromatic rings. The van der Waals surface area contributed by atoms with E-state index in [1.165, 1.54) is 11.1 Å². The average Bonchev–Trinajstić information content (AvgIpc) is 2.47. The zero-order chi connectivity index (χ0) is 14.2. The molecule has 0 radical (unpaired) electrons. The quantitative estimate of drug-likeness (QED) is 0.750. The van der Waals surface area contributed by atoms with Crippen molar-refractivity contribution in [2.45, 2.75) is 13.5 Å². The molecule has 1 heterocycles. The first-order valence-electron chi connectivity index (χ1n) is 6.50. The minimum Gasteiger partial charge on any atom is -0.383 e. The van der Waals surface area contributed by atoms with Gasteiger partial charge in [0.05, 0.1) is 12.8 Å². The molecule has 1 aromatic heterocycles. The molecular formula is C14H19N5O. The highest BCUT2D eigenvalue weighted by Gasteiger charge is 2.01. The first kappa shape index (κ1) is 14.2. The Balaban J connectivity index is 1.93. The number of methoxy groups -OCH3 is 1. The Morgan fingerprint density at radius 1 is 1.20 bits per heavy atom. The van der Waals surface area contributed by atoms with E-state index in [0.717, 1.165) is 0 Å². The summed E-state index contributed by atoms with van der Waals surface area (Å²) in [5, 5.41) is 14.1. The second-order valence-electron chi connectivity index (χ2n) is 4.36. The van der Waals surface area contributed by atoms with E-state index in [1.54, 1.807) is 13.3 Å². The molecule has 1 aromatic carbocycles. The van der Waals surface area contributed by atoms with Gasteiger partial charge in [-0.2, -0.15) is 10.1 Å². The van der Waals surface area contributed by atoms with Crippen LogP contribution in [0.3, 0.4) is 0 Å². The van der Waals surface area contributed by atoms with Crippen molar-refractivity contribution >= 4 is 11.8 Å². The van der Waals surface area contributed by atoms with Gasteiger partial charge in [0.25, 0.3) is 0 Å². The van der Waals surface area contributed by atoms with Gasteiger partial charge in [-0.3, -0.25) is 0 Å². The molecule has 0 saturated carbocycles. The highest BCUT2D eigenvalue weighted by Crippen LogP contribution is 2.10. The van der Waals surface area contributed by atoms with Crippen molar-refractivity contribution in [1.29, 1.82) is 0 Å². The lowest BCUT2D eigenvalue weighted by Gasteiger charge is -2.09. The zero-order valence-electron chi connectivity index (χ0n) is 11.8. The molecule has 0 aliphatic heterocycles. The largest absolute Gasteiger partial charge is 0.383 e. The predicted molar refractivity (Wildman–Crippen MR) is 78.7 cm³/mol. The summed E-state index contributed by atoms with van der Waals surface area (Å²) in [5.74, 6) is 1.19. The molecule has 0 saturated heterocycles.